The summed E-state index contributed by atoms with van der Waals surface area (Å²) in [6, 6.07) is 13.3. The number of pyridine rings is 1. The first-order valence-corrected chi connectivity index (χ1v) is 10.7. The highest BCUT2D eigenvalue weighted by atomic mass is 16.4. The predicted octanol–water partition coefficient (Wildman–Crippen LogP) is 1.84. The van der Waals surface area contributed by atoms with Crippen molar-refractivity contribution in [2.45, 2.75) is 32.0 Å². The van der Waals surface area contributed by atoms with Crippen molar-refractivity contribution >= 4 is 23.9 Å². The van der Waals surface area contributed by atoms with Crippen LogP contribution < -0.4 is 4.57 Å². The zero-order chi connectivity index (χ0) is 22.4. The minimum Gasteiger partial charge on any atom is -0.477 e. The molecule has 0 bridgehead atoms. The number of carboxylic acids is 1. The number of allylic oxidation sites excluding steroid dienone is 2. The number of carbonyl (C=O) groups is 3. The zero-order valence-electron chi connectivity index (χ0n) is 17.7. The Morgan fingerprint density at radius 2 is 1.94 bits per heavy atom. The van der Waals surface area contributed by atoms with Crippen molar-refractivity contribution < 1.29 is 24.1 Å². The number of aliphatic carboxylic acids is 1. The summed E-state index contributed by atoms with van der Waals surface area (Å²) in [5.74, 6) is -1.48. The molecule has 0 unspecified atom stereocenters. The SMILES string of the molecule is CC(=O)N1C[C@H]2CC(/C=C/c3ccc[n+](Cc4ccccc4)c3)=C(C(=O)O)N3C(=O)[C@@H]1[C@@H]23. The van der Waals surface area contributed by atoms with Gasteiger partial charge in [0.05, 0.1) is 6.04 Å². The third-order valence-corrected chi connectivity index (χ3v) is 6.56. The van der Waals surface area contributed by atoms with Crippen LogP contribution in [-0.4, -0.2) is 51.3 Å². The van der Waals surface area contributed by atoms with Gasteiger partial charge < -0.3 is 10.0 Å². The second kappa shape index (κ2) is 7.75. The smallest absolute Gasteiger partial charge is 0.352 e. The Bertz CT molecular complexity index is 1170. The highest BCUT2D eigenvalue weighted by molar-refractivity contribution is 6.02. The summed E-state index contributed by atoms with van der Waals surface area (Å²) in [6.45, 7) is 2.68. The van der Waals surface area contributed by atoms with Crippen molar-refractivity contribution in [2.75, 3.05) is 6.54 Å². The van der Waals surface area contributed by atoms with E-state index in [4.69, 9.17) is 0 Å². The third-order valence-electron chi connectivity index (χ3n) is 6.56. The van der Waals surface area contributed by atoms with Gasteiger partial charge in [-0.1, -0.05) is 36.4 Å². The van der Waals surface area contributed by atoms with E-state index in [0.29, 0.717) is 18.5 Å². The molecule has 1 aromatic carbocycles. The largest absolute Gasteiger partial charge is 0.477 e. The molecule has 162 valence electrons. The van der Waals surface area contributed by atoms with Crippen LogP contribution in [0.15, 0.2) is 72.2 Å². The number of hydrogen-bond acceptors (Lipinski definition) is 3. The highest BCUT2D eigenvalue weighted by Crippen LogP contribution is 2.47. The van der Waals surface area contributed by atoms with Gasteiger partial charge in [-0.25, -0.2) is 9.36 Å². The molecular weight excluding hydrogens is 406 g/mol. The van der Waals surface area contributed by atoms with Crippen molar-refractivity contribution in [1.82, 2.24) is 9.80 Å². The lowest BCUT2D eigenvalue weighted by molar-refractivity contribution is -0.688. The quantitative estimate of drug-likeness (QED) is 0.580. The lowest BCUT2D eigenvalue weighted by atomic mass is 9.79. The summed E-state index contributed by atoms with van der Waals surface area (Å²) in [5.41, 5.74) is 2.79. The van der Waals surface area contributed by atoms with Gasteiger partial charge in [0.25, 0.3) is 5.91 Å². The minimum absolute atomic E-state index is 0.0437. The lowest BCUT2D eigenvalue weighted by Crippen LogP contribution is -2.69. The fourth-order valence-electron chi connectivity index (χ4n) is 5.18. The van der Waals surface area contributed by atoms with Crippen molar-refractivity contribution in [1.29, 1.82) is 0 Å². The van der Waals surface area contributed by atoms with Crippen LogP contribution in [0.5, 0.6) is 0 Å². The molecule has 3 atom stereocenters. The number of carboxylic acid groups (broad SMARTS) is 1. The molecule has 3 aliphatic heterocycles. The van der Waals surface area contributed by atoms with Gasteiger partial charge in [0.15, 0.2) is 18.9 Å². The molecule has 0 saturated carbocycles. The third kappa shape index (κ3) is 3.30. The molecular formula is C25H24N3O4+. The van der Waals surface area contributed by atoms with E-state index < -0.39 is 12.0 Å². The fraction of sp³-hybridized carbons (Fsp3) is 0.280. The average Bonchev–Trinajstić information content (AvgIpc) is 3.15. The summed E-state index contributed by atoms with van der Waals surface area (Å²) in [7, 11) is 0. The van der Waals surface area contributed by atoms with Gasteiger partial charge in [-0.3, -0.25) is 14.5 Å². The molecule has 4 heterocycles. The van der Waals surface area contributed by atoms with E-state index in [1.54, 1.807) is 11.0 Å². The first-order valence-electron chi connectivity index (χ1n) is 10.7. The Hall–Kier alpha value is -3.74. The van der Waals surface area contributed by atoms with Gasteiger partial charge in [-0.05, 0) is 24.1 Å². The summed E-state index contributed by atoms with van der Waals surface area (Å²) < 4.78 is 2.07. The van der Waals surface area contributed by atoms with Crippen LogP contribution in [0.2, 0.25) is 0 Å². The lowest BCUT2D eigenvalue weighted by Gasteiger charge is -2.49. The van der Waals surface area contributed by atoms with Crippen molar-refractivity contribution in [2.24, 2.45) is 5.92 Å². The van der Waals surface area contributed by atoms with Gasteiger partial charge in [0, 0.05) is 36.6 Å². The van der Waals surface area contributed by atoms with Crippen LogP contribution >= 0.6 is 0 Å². The normalized spacial score (nSPS) is 24.0. The molecule has 7 nitrogen and oxygen atoms in total. The van der Waals surface area contributed by atoms with Gasteiger partial charge in [0.2, 0.25) is 5.91 Å². The van der Waals surface area contributed by atoms with E-state index in [0.717, 1.165) is 12.1 Å². The molecule has 5 rings (SSSR count). The Morgan fingerprint density at radius 3 is 2.66 bits per heavy atom. The molecule has 0 spiro atoms. The molecule has 32 heavy (non-hydrogen) atoms. The summed E-state index contributed by atoms with van der Waals surface area (Å²) in [6.07, 6.45) is 8.22. The molecule has 1 aromatic heterocycles. The van der Waals surface area contributed by atoms with E-state index in [2.05, 4.69) is 16.7 Å². The monoisotopic (exact) mass is 430 g/mol. The van der Waals surface area contributed by atoms with Crippen LogP contribution in [0.1, 0.15) is 24.5 Å². The maximum absolute atomic E-state index is 12.7. The van der Waals surface area contributed by atoms with Gasteiger partial charge in [-0.15, -0.1) is 0 Å². The molecule has 2 aromatic rings. The molecule has 0 radical (unpaired) electrons. The predicted molar refractivity (Wildman–Crippen MR) is 116 cm³/mol. The molecule has 7 heteroatoms. The first kappa shape index (κ1) is 20.2. The second-order valence-corrected chi connectivity index (χ2v) is 8.59. The Kier molecular flexibility index (Phi) is 4.89. The highest BCUT2D eigenvalue weighted by Gasteiger charge is 2.63. The summed E-state index contributed by atoms with van der Waals surface area (Å²) in [4.78, 5) is 39.7. The summed E-state index contributed by atoms with van der Waals surface area (Å²) >= 11 is 0. The standard InChI is InChI=1S/C25H23N3O4/c1-16(29)27-15-20-12-19(22(25(31)32)28-21(20)23(27)24(28)30)10-9-18-8-5-11-26(14-18)13-17-6-3-2-4-7-17/h2-11,14,20-21,23H,12-13,15H2,1H3/p+1/b10-9+/t20-,21-,23+/m1/s1. The van der Waals surface area contributed by atoms with E-state index in [1.165, 1.54) is 17.4 Å². The second-order valence-electron chi connectivity index (χ2n) is 8.59. The van der Waals surface area contributed by atoms with Crippen LogP contribution in [-0.2, 0) is 20.9 Å². The Morgan fingerprint density at radius 1 is 1.16 bits per heavy atom. The van der Waals surface area contributed by atoms with E-state index in [9.17, 15) is 19.5 Å². The number of likely N-dealkylation sites (tertiary alicyclic amines) is 1. The van der Waals surface area contributed by atoms with Gasteiger partial charge in [-0.2, -0.15) is 0 Å². The zero-order valence-corrected chi connectivity index (χ0v) is 17.7. The van der Waals surface area contributed by atoms with Gasteiger partial charge in [0.1, 0.15) is 11.7 Å². The fourth-order valence-corrected chi connectivity index (χ4v) is 5.18. The van der Waals surface area contributed by atoms with Crippen LogP contribution in [0, 0.1) is 5.92 Å². The van der Waals surface area contributed by atoms with Gasteiger partial charge >= 0.3 is 5.97 Å². The number of hydrogen-bond donors (Lipinski definition) is 1. The van der Waals surface area contributed by atoms with E-state index >= 15 is 0 Å². The number of carbonyl (C=O) groups excluding carboxylic acids is 2. The Labute approximate surface area is 185 Å². The number of amides is 2. The molecule has 1 N–H and O–H groups in total. The number of rotatable bonds is 5. The summed E-state index contributed by atoms with van der Waals surface area (Å²) in [5, 5.41) is 9.85. The molecule has 2 amide bonds. The van der Waals surface area contributed by atoms with E-state index in [1.807, 2.05) is 48.8 Å². The maximum atomic E-state index is 12.7. The van der Waals surface area contributed by atoms with Crippen LogP contribution in [0.3, 0.4) is 0 Å². The molecule has 3 aliphatic rings. The maximum Gasteiger partial charge on any atom is 0.352 e. The Balaban J connectivity index is 1.42. The molecule has 2 saturated heterocycles. The number of benzene rings is 1. The first-order chi connectivity index (χ1) is 15.4. The van der Waals surface area contributed by atoms with E-state index in [-0.39, 0.29) is 29.5 Å². The van der Waals surface area contributed by atoms with Crippen molar-refractivity contribution in [3.05, 3.63) is 83.3 Å². The molecule has 0 aliphatic carbocycles. The minimum atomic E-state index is -1.11. The topological polar surface area (TPSA) is 81.8 Å². The van der Waals surface area contributed by atoms with Crippen molar-refractivity contribution in [3.8, 4) is 0 Å². The number of nitrogens with zero attached hydrogens (tertiary/aromatic N) is 3. The number of β-lactam (4-membered cyclic amide) rings is 1. The molecule has 2 fully saturated rings. The number of aromatic nitrogens is 1. The van der Waals surface area contributed by atoms with Crippen molar-refractivity contribution in [3.63, 3.8) is 0 Å². The van der Waals surface area contributed by atoms with Crippen LogP contribution in [0.4, 0.5) is 0 Å². The average molecular weight is 430 g/mol. The van der Waals surface area contributed by atoms with Crippen LogP contribution in [0.25, 0.3) is 6.08 Å².